The highest BCUT2D eigenvalue weighted by molar-refractivity contribution is 6.02. The Balaban J connectivity index is 1.81. The topological polar surface area (TPSA) is 99.1 Å². The maximum atomic E-state index is 13.2. The molecule has 2 aromatic rings. The number of phenolic OH excluding ortho intramolecular Hbond substituents is 1. The standard InChI is InChI=1S/C21H10F10O7/c22-18(23,20(26,27)28)16(34)36-9-3-1-8(2-4-9)13-7-12(33)15-11(32)5-10(6-14(15)38-13)37-17(35)19(24,25)21(29,30)31/h1-6,13,32H,7H2. The number of hydrogen-bond acceptors (Lipinski definition) is 7. The number of carbonyl (C=O) groups excluding carboxylic acids is 3. The van der Waals surface area contributed by atoms with Crippen LogP contribution in [0.4, 0.5) is 43.9 Å². The van der Waals surface area contributed by atoms with Gasteiger partial charge in [-0.2, -0.15) is 43.9 Å². The first-order valence-electron chi connectivity index (χ1n) is 9.76. The van der Waals surface area contributed by atoms with E-state index in [1.165, 1.54) is 0 Å². The van der Waals surface area contributed by atoms with E-state index in [2.05, 4.69) is 9.47 Å². The van der Waals surface area contributed by atoms with Crippen molar-refractivity contribution in [3.8, 4) is 23.0 Å². The van der Waals surface area contributed by atoms with Gasteiger partial charge in [0.25, 0.3) is 0 Å². The molecule has 0 fully saturated rings. The smallest absolute Gasteiger partial charge is 0.465 e. The molecule has 0 amide bonds. The van der Waals surface area contributed by atoms with E-state index < -0.39 is 83.0 Å². The molecule has 1 unspecified atom stereocenters. The van der Waals surface area contributed by atoms with Crippen LogP contribution in [0.25, 0.3) is 0 Å². The Kier molecular flexibility index (Phi) is 7.02. The summed E-state index contributed by atoms with van der Waals surface area (Å²) in [6, 6.07) is 4.52. The molecule has 206 valence electrons. The molecule has 1 aliphatic rings. The quantitative estimate of drug-likeness (QED) is 0.299. The molecule has 1 heterocycles. The third-order valence-corrected chi connectivity index (χ3v) is 4.87. The van der Waals surface area contributed by atoms with Gasteiger partial charge in [-0.15, -0.1) is 0 Å². The third-order valence-electron chi connectivity index (χ3n) is 4.87. The van der Waals surface area contributed by atoms with E-state index >= 15 is 0 Å². The van der Waals surface area contributed by atoms with Crippen molar-refractivity contribution < 1.29 is 77.6 Å². The zero-order chi connectivity index (χ0) is 28.8. The van der Waals surface area contributed by atoms with Gasteiger partial charge in [-0.05, 0) is 17.7 Å². The van der Waals surface area contributed by atoms with Crippen molar-refractivity contribution in [2.45, 2.75) is 36.7 Å². The van der Waals surface area contributed by atoms with Crippen LogP contribution in [-0.4, -0.2) is 47.0 Å². The average molecular weight is 564 g/mol. The van der Waals surface area contributed by atoms with Gasteiger partial charge in [-0.3, -0.25) is 4.79 Å². The van der Waals surface area contributed by atoms with Crippen LogP contribution in [0.1, 0.15) is 28.4 Å². The molecule has 17 heteroatoms. The molecule has 0 aromatic heterocycles. The second-order valence-electron chi connectivity index (χ2n) is 7.54. The number of halogens is 10. The van der Waals surface area contributed by atoms with Gasteiger partial charge in [-0.25, -0.2) is 9.59 Å². The van der Waals surface area contributed by atoms with Crippen molar-refractivity contribution in [3.63, 3.8) is 0 Å². The Labute approximate surface area is 203 Å². The zero-order valence-electron chi connectivity index (χ0n) is 17.9. The Morgan fingerprint density at radius 1 is 0.789 bits per heavy atom. The van der Waals surface area contributed by atoms with E-state index in [-0.39, 0.29) is 5.56 Å². The summed E-state index contributed by atoms with van der Waals surface area (Å²) in [7, 11) is 0. The summed E-state index contributed by atoms with van der Waals surface area (Å²) in [5.74, 6) is -21.9. The summed E-state index contributed by atoms with van der Waals surface area (Å²) in [6.07, 6.45) is -14.3. The first kappa shape index (κ1) is 28.5. The number of hydrogen-bond donors (Lipinski definition) is 1. The van der Waals surface area contributed by atoms with Gasteiger partial charge >= 0.3 is 36.1 Å². The molecule has 0 saturated carbocycles. The number of ketones is 1. The van der Waals surface area contributed by atoms with Crippen molar-refractivity contribution in [1.29, 1.82) is 0 Å². The Hall–Kier alpha value is -4.05. The van der Waals surface area contributed by atoms with E-state index in [0.29, 0.717) is 12.1 Å². The van der Waals surface area contributed by atoms with Gasteiger partial charge in [-0.1, -0.05) is 12.1 Å². The van der Waals surface area contributed by atoms with Crippen LogP contribution in [-0.2, 0) is 9.59 Å². The lowest BCUT2D eigenvalue weighted by molar-refractivity contribution is -0.276. The van der Waals surface area contributed by atoms with Crippen molar-refractivity contribution in [2.24, 2.45) is 0 Å². The zero-order valence-corrected chi connectivity index (χ0v) is 17.9. The first-order chi connectivity index (χ1) is 17.3. The van der Waals surface area contributed by atoms with Gasteiger partial charge in [0, 0.05) is 12.1 Å². The predicted molar refractivity (Wildman–Crippen MR) is 100 cm³/mol. The summed E-state index contributed by atoms with van der Waals surface area (Å²) >= 11 is 0. The number of benzene rings is 2. The van der Waals surface area contributed by atoms with Crippen LogP contribution in [0.3, 0.4) is 0 Å². The van der Waals surface area contributed by atoms with E-state index in [0.717, 1.165) is 24.3 Å². The Bertz CT molecular complexity index is 1270. The highest BCUT2D eigenvalue weighted by Gasteiger charge is 2.66. The molecule has 0 bridgehead atoms. The molecule has 7 nitrogen and oxygen atoms in total. The highest BCUT2D eigenvalue weighted by Crippen LogP contribution is 2.43. The summed E-state index contributed by atoms with van der Waals surface area (Å²) in [5, 5.41) is 9.99. The van der Waals surface area contributed by atoms with Gasteiger partial charge in [0.1, 0.15) is 34.7 Å². The van der Waals surface area contributed by atoms with Gasteiger partial charge in [0.05, 0.1) is 6.42 Å². The molecule has 3 rings (SSSR count). The SMILES string of the molecule is O=C1CC(c2ccc(OC(=O)C(F)(F)C(F)(F)F)cc2)Oc2cc(OC(=O)C(F)(F)C(F)(F)F)cc(O)c21. The number of fused-ring (bicyclic) bond motifs is 1. The molecular formula is C21H10F10O7. The summed E-state index contributed by atoms with van der Waals surface area (Å²) < 4.78 is 140. The summed E-state index contributed by atoms with van der Waals surface area (Å²) in [5.41, 5.74) is -0.513. The number of aromatic hydroxyl groups is 1. The van der Waals surface area contributed by atoms with Crippen LogP contribution in [0.15, 0.2) is 36.4 Å². The molecule has 1 N–H and O–H groups in total. The van der Waals surface area contributed by atoms with E-state index in [1.807, 2.05) is 0 Å². The molecule has 1 atom stereocenters. The number of rotatable bonds is 5. The molecule has 2 aromatic carbocycles. The predicted octanol–water partition coefficient (Wildman–Crippen LogP) is 5.30. The number of carbonyl (C=O) groups is 3. The van der Waals surface area contributed by atoms with Crippen molar-refractivity contribution in [1.82, 2.24) is 0 Å². The maximum absolute atomic E-state index is 13.2. The fraction of sp³-hybridized carbons (Fsp3) is 0.286. The van der Waals surface area contributed by atoms with Crippen LogP contribution in [0.2, 0.25) is 0 Å². The van der Waals surface area contributed by atoms with Crippen molar-refractivity contribution >= 4 is 17.7 Å². The van der Waals surface area contributed by atoms with E-state index in [9.17, 15) is 63.4 Å². The largest absolute Gasteiger partial charge is 0.507 e. The Morgan fingerprint density at radius 3 is 1.74 bits per heavy atom. The summed E-state index contributed by atoms with van der Waals surface area (Å²) in [6.45, 7) is 0. The van der Waals surface area contributed by atoms with Gasteiger partial charge < -0.3 is 19.3 Å². The molecule has 0 radical (unpaired) electrons. The van der Waals surface area contributed by atoms with Gasteiger partial charge in [0.15, 0.2) is 5.78 Å². The normalized spacial score (nSPS) is 16.4. The first-order valence-corrected chi connectivity index (χ1v) is 9.76. The maximum Gasteiger partial charge on any atom is 0.465 e. The van der Waals surface area contributed by atoms with E-state index in [1.54, 1.807) is 0 Å². The second kappa shape index (κ2) is 9.36. The fourth-order valence-electron chi connectivity index (χ4n) is 2.98. The number of Topliss-reactive ketones (excluding diaryl/α,β-unsaturated/α-hetero) is 1. The molecular weight excluding hydrogens is 554 g/mol. The minimum atomic E-state index is -6.29. The molecule has 1 aliphatic heterocycles. The average Bonchev–Trinajstić information content (AvgIpc) is 2.77. The molecule has 38 heavy (non-hydrogen) atoms. The minimum absolute atomic E-state index is 0.0249. The number of esters is 2. The van der Waals surface area contributed by atoms with Crippen molar-refractivity contribution in [2.75, 3.05) is 0 Å². The minimum Gasteiger partial charge on any atom is -0.507 e. The number of alkyl halides is 10. The van der Waals surface area contributed by atoms with Crippen LogP contribution < -0.4 is 14.2 Å². The van der Waals surface area contributed by atoms with Gasteiger partial charge in [0.2, 0.25) is 0 Å². The molecule has 0 spiro atoms. The summed E-state index contributed by atoms with van der Waals surface area (Å²) in [4.78, 5) is 34.9. The number of phenols is 1. The Morgan fingerprint density at radius 2 is 1.26 bits per heavy atom. The highest BCUT2D eigenvalue weighted by atomic mass is 19.4. The molecule has 0 saturated heterocycles. The van der Waals surface area contributed by atoms with Crippen molar-refractivity contribution in [3.05, 3.63) is 47.5 Å². The second-order valence-corrected chi connectivity index (χ2v) is 7.54. The van der Waals surface area contributed by atoms with Crippen LogP contribution in [0.5, 0.6) is 23.0 Å². The van der Waals surface area contributed by atoms with E-state index in [4.69, 9.17) is 4.74 Å². The lowest BCUT2D eigenvalue weighted by Gasteiger charge is -2.26. The third kappa shape index (κ3) is 5.31. The number of ether oxygens (including phenoxy) is 3. The lowest BCUT2D eigenvalue weighted by Crippen LogP contribution is -2.46. The van der Waals surface area contributed by atoms with Crippen LogP contribution >= 0.6 is 0 Å². The molecule has 0 aliphatic carbocycles. The van der Waals surface area contributed by atoms with Crippen LogP contribution in [0, 0.1) is 0 Å². The monoisotopic (exact) mass is 564 g/mol. The fourth-order valence-corrected chi connectivity index (χ4v) is 2.98. The lowest BCUT2D eigenvalue weighted by atomic mass is 9.95.